The number of aromatic nitrogens is 2. The molecule has 2 N–H and O–H groups in total. The first-order valence-electron chi connectivity index (χ1n) is 9.27. The minimum absolute atomic E-state index is 0.550. The predicted molar refractivity (Wildman–Crippen MR) is 114 cm³/mol. The first kappa shape index (κ1) is 17.8. The Labute approximate surface area is 164 Å². The molecule has 1 heterocycles. The summed E-state index contributed by atoms with van der Waals surface area (Å²) in [5.41, 5.74) is 3.07. The summed E-state index contributed by atoms with van der Waals surface area (Å²) in [6.07, 6.45) is 0.928. The second-order valence-corrected chi connectivity index (χ2v) is 6.43. The lowest BCUT2D eigenvalue weighted by Crippen LogP contribution is -2.09. The molecule has 28 heavy (non-hydrogen) atoms. The topological polar surface area (TPSA) is 59.1 Å². The normalized spacial score (nSPS) is 10.6. The van der Waals surface area contributed by atoms with Crippen molar-refractivity contribution in [2.24, 2.45) is 0 Å². The van der Waals surface area contributed by atoms with E-state index in [9.17, 15) is 0 Å². The molecule has 3 aromatic carbocycles. The highest BCUT2D eigenvalue weighted by Crippen LogP contribution is 2.25. The zero-order valence-corrected chi connectivity index (χ0v) is 15.7. The van der Waals surface area contributed by atoms with Crippen LogP contribution >= 0.6 is 0 Å². The Morgan fingerprint density at radius 1 is 0.857 bits per heavy atom. The Morgan fingerprint density at radius 3 is 2.54 bits per heavy atom. The summed E-state index contributed by atoms with van der Waals surface area (Å²) in [7, 11) is 1.65. The smallest absolute Gasteiger partial charge is 0.229 e. The average molecular weight is 370 g/mol. The highest BCUT2D eigenvalue weighted by Gasteiger charge is 2.08. The summed E-state index contributed by atoms with van der Waals surface area (Å²) < 4.78 is 5.29. The molecule has 4 rings (SSSR count). The molecular formula is C23H22N4O. The molecule has 0 fully saturated rings. The standard InChI is InChI=1S/C23H22N4O/c1-28-19-11-7-10-18(16-19)25-23-26-21-13-6-5-12-20(21)22(27-23)24-15-14-17-8-3-2-4-9-17/h2-13,16H,14-15H2,1H3,(H2,24,25,26,27). The van der Waals surface area contributed by atoms with E-state index in [0.717, 1.165) is 41.1 Å². The van der Waals surface area contributed by atoms with Crippen LogP contribution in [0.4, 0.5) is 17.5 Å². The molecule has 0 aliphatic heterocycles. The number of para-hydroxylation sites is 1. The molecule has 1 aromatic heterocycles. The molecule has 0 saturated carbocycles. The summed E-state index contributed by atoms with van der Waals surface area (Å²) in [5, 5.41) is 7.75. The monoisotopic (exact) mass is 370 g/mol. The van der Waals surface area contributed by atoms with Crippen LogP contribution in [0.5, 0.6) is 5.75 Å². The van der Waals surface area contributed by atoms with Crippen molar-refractivity contribution in [2.45, 2.75) is 6.42 Å². The van der Waals surface area contributed by atoms with Gasteiger partial charge in [0, 0.05) is 23.7 Å². The Hall–Kier alpha value is -3.60. The van der Waals surface area contributed by atoms with Crippen LogP contribution in [0.25, 0.3) is 10.9 Å². The predicted octanol–water partition coefficient (Wildman–Crippen LogP) is 5.04. The Kier molecular flexibility index (Phi) is 5.33. The van der Waals surface area contributed by atoms with E-state index in [-0.39, 0.29) is 0 Å². The van der Waals surface area contributed by atoms with Crippen molar-refractivity contribution in [2.75, 3.05) is 24.3 Å². The summed E-state index contributed by atoms with van der Waals surface area (Å²) in [5.74, 6) is 2.16. The molecule has 0 aliphatic rings. The van der Waals surface area contributed by atoms with Crippen LogP contribution in [0.3, 0.4) is 0 Å². The third-order valence-electron chi connectivity index (χ3n) is 4.48. The van der Waals surface area contributed by atoms with Gasteiger partial charge < -0.3 is 15.4 Å². The molecule has 140 valence electrons. The van der Waals surface area contributed by atoms with Crippen LogP contribution < -0.4 is 15.4 Å². The van der Waals surface area contributed by atoms with Crippen LogP contribution in [0.15, 0.2) is 78.9 Å². The minimum Gasteiger partial charge on any atom is -0.497 e. The van der Waals surface area contributed by atoms with E-state index in [2.05, 4.69) is 39.9 Å². The molecule has 0 saturated heterocycles. The van der Waals surface area contributed by atoms with Crippen molar-refractivity contribution in [1.29, 1.82) is 0 Å². The molecule has 0 amide bonds. The second-order valence-electron chi connectivity index (χ2n) is 6.43. The highest BCUT2D eigenvalue weighted by atomic mass is 16.5. The van der Waals surface area contributed by atoms with E-state index in [1.807, 2.05) is 54.6 Å². The van der Waals surface area contributed by atoms with E-state index in [1.54, 1.807) is 7.11 Å². The number of fused-ring (bicyclic) bond motifs is 1. The van der Waals surface area contributed by atoms with Gasteiger partial charge in [-0.1, -0.05) is 48.5 Å². The van der Waals surface area contributed by atoms with Gasteiger partial charge in [0.25, 0.3) is 0 Å². The zero-order valence-electron chi connectivity index (χ0n) is 15.7. The molecule has 0 spiro atoms. The largest absolute Gasteiger partial charge is 0.497 e. The summed E-state index contributed by atoms with van der Waals surface area (Å²) in [6.45, 7) is 0.795. The van der Waals surface area contributed by atoms with E-state index in [1.165, 1.54) is 5.56 Å². The van der Waals surface area contributed by atoms with Gasteiger partial charge in [0.05, 0.1) is 12.6 Å². The number of nitrogens with one attached hydrogen (secondary N) is 2. The third kappa shape index (κ3) is 4.20. The number of benzene rings is 3. The number of nitrogens with zero attached hydrogens (tertiary/aromatic N) is 2. The molecule has 0 unspecified atom stereocenters. The highest BCUT2D eigenvalue weighted by molar-refractivity contribution is 5.90. The van der Waals surface area contributed by atoms with Crippen molar-refractivity contribution in [3.05, 3.63) is 84.4 Å². The fourth-order valence-corrected chi connectivity index (χ4v) is 3.07. The van der Waals surface area contributed by atoms with Gasteiger partial charge in [-0.2, -0.15) is 4.98 Å². The van der Waals surface area contributed by atoms with Crippen molar-refractivity contribution >= 4 is 28.4 Å². The number of hydrogen-bond acceptors (Lipinski definition) is 5. The van der Waals surface area contributed by atoms with Crippen molar-refractivity contribution in [3.63, 3.8) is 0 Å². The van der Waals surface area contributed by atoms with Gasteiger partial charge in [-0.15, -0.1) is 0 Å². The van der Waals surface area contributed by atoms with Crippen molar-refractivity contribution < 1.29 is 4.74 Å². The maximum absolute atomic E-state index is 5.29. The average Bonchev–Trinajstić information content (AvgIpc) is 2.74. The van der Waals surface area contributed by atoms with Crippen LogP contribution in [0.1, 0.15) is 5.56 Å². The number of hydrogen-bond donors (Lipinski definition) is 2. The number of methoxy groups -OCH3 is 1. The molecule has 0 bridgehead atoms. The fraction of sp³-hybridized carbons (Fsp3) is 0.130. The molecule has 4 aromatic rings. The van der Waals surface area contributed by atoms with E-state index < -0.39 is 0 Å². The van der Waals surface area contributed by atoms with Gasteiger partial charge in [0.15, 0.2) is 0 Å². The summed E-state index contributed by atoms with van der Waals surface area (Å²) >= 11 is 0. The van der Waals surface area contributed by atoms with Gasteiger partial charge in [-0.05, 0) is 36.2 Å². The second kappa shape index (κ2) is 8.39. The third-order valence-corrected chi connectivity index (χ3v) is 4.48. The summed E-state index contributed by atoms with van der Waals surface area (Å²) in [4.78, 5) is 9.36. The minimum atomic E-state index is 0.550. The molecule has 5 heteroatoms. The Bertz CT molecular complexity index is 1070. The zero-order chi connectivity index (χ0) is 19.2. The van der Waals surface area contributed by atoms with Crippen LogP contribution in [0, 0.1) is 0 Å². The van der Waals surface area contributed by atoms with E-state index in [0.29, 0.717) is 5.95 Å². The van der Waals surface area contributed by atoms with Crippen LogP contribution in [-0.4, -0.2) is 23.6 Å². The van der Waals surface area contributed by atoms with E-state index in [4.69, 9.17) is 9.72 Å². The van der Waals surface area contributed by atoms with Gasteiger partial charge >= 0.3 is 0 Å². The van der Waals surface area contributed by atoms with Gasteiger partial charge in [-0.25, -0.2) is 4.98 Å². The first-order chi connectivity index (χ1) is 13.8. The molecule has 0 aliphatic carbocycles. The van der Waals surface area contributed by atoms with Crippen LogP contribution in [-0.2, 0) is 6.42 Å². The SMILES string of the molecule is COc1cccc(Nc2nc(NCCc3ccccc3)c3ccccc3n2)c1. The van der Waals surface area contributed by atoms with Gasteiger partial charge in [0.2, 0.25) is 5.95 Å². The maximum atomic E-state index is 5.29. The molecule has 0 atom stereocenters. The molecule has 5 nitrogen and oxygen atoms in total. The lowest BCUT2D eigenvalue weighted by molar-refractivity contribution is 0.415. The van der Waals surface area contributed by atoms with Crippen molar-refractivity contribution in [3.8, 4) is 5.75 Å². The van der Waals surface area contributed by atoms with Crippen LogP contribution in [0.2, 0.25) is 0 Å². The molecular weight excluding hydrogens is 348 g/mol. The Morgan fingerprint density at radius 2 is 1.68 bits per heavy atom. The van der Waals surface area contributed by atoms with Gasteiger partial charge in [0.1, 0.15) is 11.6 Å². The summed E-state index contributed by atoms with van der Waals surface area (Å²) in [6, 6.07) is 26.2. The number of ether oxygens (including phenoxy) is 1. The van der Waals surface area contributed by atoms with E-state index >= 15 is 0 Å². The number of rotatable bonds is 7. The Balaban J connectivity index is 1.57. The lowest BCUT2D eigenvalue weighted by Gasteiger charge is -2.12. The fourth-order valence-electron chi connectivity index (χ4n) is 3.07. The van der Waals surface area contributed by atoms with Gasteiger partial charge in [-0.3, -0.25) is 0 Å². The van der Waals surface area contributed by atoms with Crippen molar-refractivity contribution in [1.82, 2.24) is 9.97 Å². The quantitative estimate of drug-likeness (QED) is 0.477. The molecule has 0 radical (unpaired) electrons. The first-order valence-corrected chi connectivity index (χ1v) is 9.27. The maximum Gasteiger partial charge on any atom is 0.229 e. The number of anilines is 3. The lowest BCUT2D eigenvalue weighted by atomic mass is 10.1.